The van der Waals surface area contributed by atoms with E-state index >= 15 is 0 Å². The minimum atomic E-state index is 0.887. The summed E-state index contributed by atoms with van der Waals surface area (Å²) in [7, 11) is 2.31. The van der Waals surface area contributed by atoms with Crippen molar-refractivity contribution in [3.05, 3.63) is 0 Å². The monoisotopic (exact) mass is 212 g/mol. The normalized spacial score (nSPS) is 18.6. The highest BCUT2D eigenvalue weighted by atomic mass is 15.1. The molecule has 1 fully saturated rings. The third kappa shape index (κ3) is 5.53. The molecule has 0 aromatic rings. The molecule has 1 saturated carbocycles. The van der Waals surface area contributed by atoms with Crippen LogP contribution in [0.4, 0.5) is 0 Å². The van der Waals surface area contributed by atoms with E-state index in [1.165, 1.54) is 58.0 Å². The second kappa shape index (κ2) is 8.12. The second-order valence-electron chi connectivity index (χ2n) is 4.83. The Morgan fingerprint density at radius 1 is 1.13 bits per heavy atom. The Kier molecular flexibility index (Phi) is 7.03. The summed E-state index contributed by atoms with van der Waals surface area (Å²) in [4.78, 5) is 2.59. The van der Waals surface area contributed by atoms with Crippen molar-refractivity contribution in [2.75, 3.05) is 26.7 Å². The van der Waals surface area contributed by atoms with Gasteiger partial charge in [0.05, 0.1) is 0 Å². The summed E-state index contributed by atoms with van der Waals surface area (Å²) in [6.07, 6.45) is 9.90. The molecule has 1 rings (SSSR count). The summed E-state index contributed by atoms with van der Waals surface area (Å²) >= 11 is 0. The first-order valence-electron chi connectivity index (χ1n) is 6.75. The third-order valence-corrected chi connectivity index (χ3v) is 3.56. The quantitative estimate of drug-likeness (QED) is 0.653. The van der Waals surface area contributed by atoms with Gasteiger partial charge in [0.2, 0.25) is 0 Å². The number of nitrogens with zero attached hydrogens (tertiary/aromatic N) is 1. The van der Waals surface area contributed by atoms with Crippen LogP contribution in [0, 0.1) is 0 Å². The van der Waals surface area contributed by atoms with E-state index in [4.69, 9.17) is 0 Å². The van der Waals surface area contributed by atoms with Gasteiger partial charge in [0.15, 0.2) is 0 Å². The molecule has 0 aliphatic heterocycles. The maximum atomic E-state index is 3.38. The molecular formula is C13H28N2. The summed E-state index contributed by atoms with van der Waals surface area (Å²) in [5.74, 6) is 0. The molecule has 1 aliphatic carbocycles. The Morgan fingerprint density at radius 2 is 1.87 bits per heavy atom. The van der Waals surface area contributed by atoms with Crippen LogP contribution in [0.2, 0.25) is 0 Å². The fraction of sp³-hybridized carbons (Fsp3) is 1.00. The highest BCUT2D eigenvalue weighted by molar-refractivity contribution is 4.73. The van der Waals surface area contributed by atoms with E-state index in [1.54, 1.807) is 0 Å². The maximum Gasteiger partial charge on any atom is 0.00922 e. The van der Waals surface area contributed by atoms with Crippen LogP contribution in [0.1, 0.15) is 51.9 Å². The maximum absolute atomic E-state index is 3.38. The Labute approximate surface area is 95.4 Å². The van der Waals surface area contributed by atoms with Gasteiger partial charge in [0.25, 0.3) is 0 Å². The van der Waals surface area contributed by atoms with Gasteiger partial charge < -0.3 is 10.2 Å². The van der Waals surface area contributed by atoms with Gasteiger partial charge >= 0.3 is 0 Å². The summed E-state index contributed by atoms with van der Waals surface area (Å²) in [5.41, 5.74) is 0. The van der Waals surface area contributed by atoms with Gasteiger partial charge in [0, 0.05) is 6.04 Å². The zero-order valence-corrected chi connectivity index (χ0v) is 10.6. The van der Waals surface area contributed by atoms with Crippen molar-refractivity contribution in [1.29, 1.82) is 0 Å². The molecule has 90 valence electrons. The molecule has 0 radical (unpaired) electrons. The van der Waals surface area contributed by atoms with Crippen LogP contribution in [0.25, 0.3) is 0 Å². The summed E-state index contributed by atoms with van der Waals surface area (Å²) < 4.78 is 0. The number of hydrogen-bond acceptors (Lipinski definition) is 2. The van der Waals surface area contributed by atoms with Crippen molar-refractivity contribution in [2.45, 2.75) is 57.9 Å². The molecule has 0 heterocycles. The predicted octanol–water partition coefficient (Wildman–Crippen LogP) is 2.64. The van der Waals surface area contributed by atoms with Crippen LogP contribution in [-0.4, -0.2) is 37.6 Å². The topological polar surface area (TPSA) is 15.3 Å². The van der Waals surface area contributed by atoms with Crippen molar-refractivity contribution >= 4 is 0 Å². The Balaban J connectivity index is 1.99. The minimum Gasteiger partial charge on any atom is -0.317 e. The lowest BCUT2D eigenvalue weighted by molar-refractivity contribution is 0.189. The van der Waals surface area contributed by atoms with Crippen LogP contribution < -0.4 is 5.32 Å². The molecule has 1 aliphatic rings. The van der Waals surface area contributed by atoms with E-state index in [-0.39, 0.29) is 0 Å². The first-order valence-corrected chi connectivity index (χ1v) is 6.75. The summed E-state index contributed by atoms with van der Waals surface area (Å²) in [6, 6.07) is 0.887. The molecule has 1 N–H and O–H groups in total. The van der Waals surface area contributed by atoms with Crippen molar-refractivity contribution in [3.8, 4) is 0 Å². The zero-order chi connectivity index (χ0) is 10.9. The predicted molar refractivity (Wildman–Crippen MR) is 67.3 cm³/mol. The molecule has 0 amide bonds. The van der Waals surface area contributed by atoms with E-state index in [0.29, 0.717) is 0 Å². The Morgan fingerprint density at radius 3 is 2.53 bits per heavy atom. The number of unbranched alkanes of at least 4 members (excludes halogenated alkanes) is 1. The SMILES string of the molecule is CCNCCCCN(C)C1CCCCC1. The van der Waals surface area contributed by atoms with Crippen LogP contribution >= 0.6 is 0 Å². The average molecular weight is 212 g/mol. The highest BCUT2D eigenvalue weighted by Crippen LogP contribution is 2.21. The molecule has 0 atom stereocenters. The van der Waals surface area contributed by atoms with Crippen LogP contribution in [0.5, 0.6) is 0 Å². The molecule has 0 unspecified atom stereocenters. The average Bonchev–Trinajstić information content (AvgIpc) is 2.30. The van der Waals surface area contributed by atoms with Crippen molar-refractivity contribution in [1.82, 2.24) is 10.2 Å². The molecule has 0 bridgehead atoms. The third-order valence-electron chi connectivity index (χ3n) is 3.56. The van der Waals surface area contributed by atoms with Gasteiger partial charge in [-0.2, -0.15) is 0 Å². The molecule has 0 spiro atoms. The lowest BCUT2D eigenvalue weighted by Crippen LogP contribution is -2.34. The first kappa shape index (κ1) is 13.0. The molecular weight excluding hydrogens is 184 g/mol. The number of hydrogen-bond donors (Lipinski definition) is 1. The van der Waals surface area contributed by atoms with Crippen molar-refractivity contribution in [3.63, 3.8) is 0 Å². The fourth-order valence-electron chi connectivity index (χ4n) is 2.49. The van der Waals surface area contributed by atoms with Crippen molar-refractivity contribution in [2.24, 2.45) is 0 Å². The smallest absolute Gasteiger partial charge is 0.00922 e. The molecule has 0 aromatic heterocycles. The highest BCUT2D eigenvalue weighted by Gasteiger charge is 2.16. The van der Waals surface area contributed by atoms with Crippen molar-refractivity contribution < 1.29 is 0 Å². The van der Waals surface area contributed by atoms with E-state index < -0.39 is 0 Å². The van der Waals surface area contributed by atoms with E-state index in [2.05, 4.69) is 24.2 Å². The lowest BCUT2D eigenvalue weighted by Gasteiger charge is -2.31. The fourth-order valence-corrected chi connectivity index (χ4v) is 2.49. The zero-order valence-electron chi connectivity index (χ0n) is 10.6. The van der Waals surface area contributed by atoms with E-state index in [0.717, 1.165) is 12.6 Å². The Bertz CT molecular complexity index is 141. The minimum absolute atomic E-state index is 0.887. The van der Waals surface area contributed by atoms with Gasteiger partial charge in [-0.3, -0.25) is 0 Å². The van der Waals surface area contributed by atoms with Crippen LogP contribution in [-0.2, 0) is 0 Å². The largest absolute Gasteiger partial charge is 0.317 e. The molecule has 0 aromatic carbocycles. The van der Waals surface area contributed by atoms with E-state index in [1.807, 2.05) is 0 Å². The number of rotatable bonds is 7. The molecule has 2 heteroatoms. The van der Waals surface area contributed by atoms with Gasteiger partial charge in [-0.05, 0) is 52.4 Å². The summed E-state index contributed by atoms with van der Waals surface area (Å²) in [5, 5.41) is 3.38. The van der Waals surface area contributed by atoms with E-state index in [9.17, 15) is 0 Å². The lowest BCUT2D eigenvalue weighted by atomic mass is 9.94. The van der Waals surface area contributed by atoms with Gasteiger partial charge in [-0.1, -0.05) is 26.2 Å². The standard InChI is InChI=1S/C13H28N2/c1-3-14-11-7-8-12-15(2)13-9-5-4-6-10-13/h13-14H,3-12H2,1-2H3. The molecule has 15 heavy (non-hydrogen) atoms. The summed E-state index contributed by atoms with van der Waals surface area (Å²) in [6.45, 7) is 5.76. The second-order valence-corrected chi connectivity index (χ2v) is 4.83. The van der Waals surface area contributed by atoms with Gasteiger partial charge in [-0.25, -0.2) is 0 Å². The van der Waals surface area contributed by atoms with Gasteiger partial charge in [-0.15, -0.1) is 0 Å². The Hall–Kier alpha value is -0.0800. The van der Waals surface area contributed by atoms with Crippen LogP contribution in [0.3, 0.4) is 0 Å². The van der Waals surface area contributed by atoms with Gasteiger partial charge in [0.1, 0.15) is 0 Å². The first-order chi connectivity index (χ1) is 7.34. The number of nitrogens with one attached hydrogen (secondary N) is 1. The van der Waals surface area contributed by atoms with Crippen LogP contribution in [0.15, 0.2) is 0 Å². The molecule has 0 saturated heterocycles. The molecule has 2 nitrogen and oxygen atoms in total.